The Morgan fingerprint density at radius 1 is 1.38 bits per heavy atom. The summed E-state index contributed by atoms with van der Waals surface area (Å²) in [6.45, 7) is 0. The fraction of sp³-hybridized carbons (Fsp3) is 0.222. The van der Waals surface area contributed by atoms with Crippen LogP contribution in [0.5, 0.6) is 5.75 Å². The molecule has 7 heteroatoms. The van der Waals surface area contributed by atoms with Crippen LogP contribution in [0.1, 0.15) is 0 Å². The van der Waals surface area contributed by atoms with Gasteiger partial charge in [0.2, 0.25) is 5.95 Å². The standard InChI is InChI=1S/C9H10N4OS2/c1-14-5-3-6(16-4-5)7-11-8(10)13-9(12-7)15-2/h3-4H,1-2H3,(H2,10,11,12,13). The number of thiophene rings is 1. The molecular formula is C9H10N4OS2. The van der Waals surface area contributed by atoms with Gasteiger partial charge in [0.05, 0.1) is 12.0 Å². The van der Waals surface area contributed by atoms with E-state index in [1.807, 2.05) is 17.7 Å². The lowest BCUT2D eigenvalue weighted by Crippen LogP contribution is -2.00. The van der Waals surface area contributed by atoms with E-state index in [2.05, 4.69) is 15.0 Å². The molecule has 0 fully saturated rings. The van der Waals surface area contributed by atoms with Gasteiger partial charge in [-0.2, -0.15) is 9.97 Å². The first-order valence-electron chi connectivity index (χ1n) is 4.41. The second-order valence-electron chi connectivity index (χ2n) is 2.85. The zero-order valence-electron chi connectivity index (χ0n) is 8.80. The first-order chi connectivity index (χ1) is 7.72. The van der Waals surface area contributed by atoms with Gasteiger partial charge in [0.15, 0.2) is 11.0 Å². The van der Waals surface area contributed by atoms with Crippen molar-refractivity contribution in [3.05, 3.63) is 11.4 Å². The zero-order valence-corrected chi connectivity index (χ0v) is 10.4. The summed E-state index contributed by atoms with van der Waals surface area (Å²) in [5.41, 5.74) is 5.61. The van der Waals surface area contributed by atoms with E-state index in [0.717, 1.165) is 10.6 Å². The Kier molecular flexibility index (Phi) is 3.25. The largest absolute Gasteiger partial charge is 0.496 e. The van der Waals surface area contributed by atoms with Gasteiger partial charge >= 0.3 is 0 Å². The predicted octanol–water partition coefficient (Wildman–Crippen LogP) is 1.91. The molecule has 2 rings (SSSR count). The van der Waals surface area contributed by atoms with Crippen molar-refractivity contribution in [1.82, 2.24) is 15.0 Å². The molecular weight excluding hydrogens is 244 g/mol. The van der Waals surface area contributed by atoms with E-state index in [-0.39, 0.29) is 5.95 Å². The molecule has 0 radical (unpaired) electrons. The molecule has 0 bridgehead atoms. The fourth-order valence-electron chi connectivity index (χ4n) is 1.12. The fourth-order valence-corrected chi connectivity index (χ4v) is 2.27. The maximum Gasteiger partial charge on any atom is 0.224 e. The van der Waals surface area contributed by atoms with Gasteiger partial charge in [0, 0.05) is 11.4 Å². The van der Waals surface area contributed by atoms with Crippen LogP contribution in [0.2, 0.25) is 0 Å². The number of ether oxygens (including phenoxy) is 1. The van der Waals surface area contributed by atoms with Gasteiger partial charge in [-0.3, -0.25) is 0 Å². The van der Waals surface area contributed by atoms with Crippen LogP contribution >= 0.6 is 23.1 Å². The second-order valence-corrected chi connectivity index (χ2v) is 4.54. The lowest BCUT2D eigenvalue weighted by atomic mass is 10.4. The minimum absolute atomic E-state index is 0.238. The second kappa shape index (κ2) is 4.67. The monoisotopic (exact) mass is 254 g/mol. The summed E-state index contributed by atoms with van der Waals surface area (Å²) in [5, 5.41) is 2.52. The molecule has 84 valence electrons. The highest BCUT2D eigenvalue weighted by molar-refractivity contribution is 7.98. The van der Waals surface area contributed by atoms with Crippen LogP contribution in [0.25, 0.3) is 10.7 Å². The molecule has 0 unspecified atom stereocenters. The highest BCUT2D eigenvalue weighted by atomic mass is 32.2. The minimum Gasteiger partial charge on any atom is -0.496 e. The summed E-state index contributed by atoms with van der Waals surface area (Å²) in [6, 6.07) is 1.88. The molecule has 0 aromatic carbocycles. The molecule has 5 nitrogen and oxygen atoms in total. The van der Waals surface area contributed by atoms with E-state index < -0.39 is 0 Å². The topological polar surface area (TPSA) is 73.9 Å². The Balaban J connectivity index is 2.42. The van der Waals surface area contributed by atoms with Crippen LogP contribution in [0, 0.1) is 0 Å². The third-order valence-electron chi connectivity index (χ3n) is 1.85. The lowest BCUT2D eigenvalue weighted by molar-refractivity contribution is 0.417. The van der Waals surface area contributed by atoms with Gasteiger partial charge in [-0.1, -0.05) is 11.8 Å². The quantitative estimate of drug-likeness (QED) is 0.843. The number of rotatable bonds is 3. The Labute approximate surface area is 101 Å². The van der Waals surface area contributed by atoms with Crippen LogP contribution in [0.15, 0.2) is 16.6 Å². The number of thioether (sulfide) groups is 1. The van der Waals surface area contributed by atoms with Gasteiger partial charge in [-0.15, -0.1) is 11.3 Å². The Morgan fingerprint density at radius 2 is 2.19 bits per heavy atom. The van der Waals surface area contributed by atoms with Gasteiger partial charge in [-0.05, 0) is 6.26 Å². The number of methoxy groups -OCH3 is 1. The summed E-state index contributed by atoms with van der Waals surface area (Å²) < 4.78 is 5.11. The van der Waals surface area contributed by atoms with Gasteiger partial charge < -0.3 is 10.5 Å². The minimum atomic E-state index is 0.238. The molecule has 0 aliphatic carbocycles. The van der Waals surface area contributed by atoms with E-state index in [1.54, 1.807) is 7.11 Å². The molecule has 0 aliphatic rings. The summed E-state index contributed by atoms with van der Waals surface area (Å²) in [5.74, 6) is 1.62. The molecule has 0 atom stereocenters. The van der Waals surface area contributed by atoms with Crippen molar-refractivity contribution >= 4 is 29.0 Å². The molecule has 0 saturated carbocycles. The highest BCUT2D eigenvalue weighted by Crippen LogP contribution is 2.29. The number of hydrogen-bond acceptors (Lipinski definition) is 7. The van der Waals surface area contributed by atoms with Crippen LogP contribution in [0.4, 0.5) is 5.95 Å². The van der Waals surface area contributed by atoms with Crippen molar-refractivity contribution < 1.29 is 4.74 Å². The zero-order chi connectivity index (χ0) is 11.5. The van der Waals surface area contributed by atoms with Crippen molar-refractivity contribution in [3.8, 4) is 16.5 Å². The maximum absolute atomic E-state index is 5.61. The van der Waals surface area contributed by atoms with Crippen molar-refractivity contribution in [2.24, 2.45) is 0 Å². The number of hydrogen-bond donors (Lipinski definition) is 1. The highest BCUT2D eigenvalue weighted by Gasteiger charge is 2.09. The first kappa shape index (κ1) is 11.2. The van der Waals surface area contributed by atoms with Crippen LogP contribution in [-0.4, -0.2) is 28.3 Å². The molecule has 2 heterocycles. The average Bonchev–Trinajstić information content (AvgIpc) is 2.76. The smallest absolute Gasteiger partial charge is 0.224 e. The Bertz CT molecular complexity index is 500. The summed E-state index contributed by atoms with van der Waals surface area (Å²) in [7, 11) is 1.63. The van der Waals surface area contributed by atoms with Crippen LogP contribution < -0.4 is 10.5 Å². The summed E-state index contributed by atoms with van der Waals surface area (Å²) in [6.07, 6.45) is 1.90. The normalized spacial score (nSPS) is 10.4. The molecule has 2 aromatic rings. The van der Waals surface area contributed by atoms with Gasteiger partial charge in [0.25, 0.3) is 0 Å². The van der Waals surface area contributed by atoms with Crippen molar-refractivity contribution in [1.29, 1.82) is 0 Å². The average molecular weight is 254 g/mol. The van der Waals surface area contributed by atoms with E-state index in [4.69, 9.17) is 10.5 Å². The number of anilines is 1. The Morgan fingerprint density at radius 3 is 2.81 bits per heavy atom. The third-order valence-corrected chi connectivity index (χ3v) is 3.30. The SMILES string of the molecule is COc1csc(-c2nc(N)nc(SC)n2)c1. The summed E-state index contributed by atoms with van der Waals surface area (Å²) >= 11 is 2.95. The first-order valence-corrected chi connectivity index (χ1v) is 6.52. The molecule has 0 spiro atoms. The van der Waals surface area contributed by atoms with E-state index in [1.165, 1.54) is 23.1 Å². The van der Waals surface area contributed by atoms with Crippen molar-refractivity contribution in [2.45, 2.75) is 5.16 Å². The van der Waals surface area contributed by atoms with Crippen LogP contribution in [-0.2, 0) is 0 Å². The third kappa shape index (κ3) is 2.25. The van der Waals surface area contributed by atoms with Crippen LogP contribution in [0.3, 0.4) is 0 Å². The number of nitrogens with zero attached hydrogens (tertiary/aromatic N) is 3. The maximum atomic E-state index is 5.61. The van der Waals surface area contributed by atoms with Gasteiger partial charge in [0.1, 0.15) is 5.75 Å². The molecule has 0 amide bonds. The Hall–Kier alpha value is -1.34. The van der Waals surface area contributed by atoms with Crippen molar-refractivity contribution in [2.75, 3.05) is 19.1 Å². The molecule has 0 aliphatic heterocycles. The number of nitrogen functional groups attached to an aromatic ring is 1. The van der Waals surface area contributed by atoms with E-state index in [9.17, 15) is 0 Å². The molecule has 16 heavy (non-hydrogen) atoms. The number of nitrogens with two attached hydrogens (primary N) is 1. The predicted molar refractivity (Wildman–Crippen MR) is 65.9 cm³/mol. The van der Waals surface area contributed by atoms with E-state index in [0.29, 0.717) is 11.0 Å². The molecule has 0 saturated heterocycles. The van der Waals surface area contributed by atoms with Gasteiger partial charge in [-0.25, -0.2) is 4.98 Å². The van der Waals surface area contributed by atoms with E-state index >= 15 is 0 Å². The molecule has 2 N–H and O–H groups in total. The lowest BCUT2D eigenvalue weighted by Gasteiger charge is -2.00. The number of aromatic nitrogens is 3. The molecule has 2 aromatic heterocycles. The van der Waals surface area contributed by atoms with Crippen molar-refractivity contribution in [3.63, 3.8) is 0 Å². The summed E-state index contributed by atoms with van der Waals surface area (Å²) in [4.78, 5) is 13.3.